The summed E-state index contributed by atoms with van der Waals surface area (Å²) in [4.78, 5) is 0. The van der Waals surface area contributed by atoms with E-state index in [9.17, 15) is 4.21 Å². The Morgan fingerprint density at radius 3 is 1.37 bits per heavy atom. The van der Waals surface area contributed by atoms with E-state index in [0.717, 1.165) is 36.8 Å². The minimum absolute atomic E-state index is 0.572. The van der Waals surface area contributed by atoms with Gasteiger partial charge in [-0.3, -0.25) is 4.21 Å². The summed E-state index contributed by atoms with van der Waals surface area (Å²) in [6.07, 6.45) is 13.7. The number of hydrogen-bond donors (Lipinski definition) is 0. The first-order valence-electron chi connectivity index (χ1n) is 12.6. The lowest BCUT2D eigenvalue weighted by atomic mass is 10.1. The topological polar surface area (TPSA) is 44.8 Å². The largest absolute Gasteiger partial charge is 0.468 e. The highest BCUT2D eigenvalue weighted by Gasteiger charge is 2.42. The fourth-order valence-electron chi connectivity index (χ4n) is 3.59. The maximum atomic E-state index is 11.8. The monoisotopic (exact) mass is 512 g/mol. The van der Waals surface area contributed by atoms with Crippen LogP contribution < -0.4 is 0 Å². The first-order valence-corrected chi connectivity index (χ1v) is 24.4. The Labute approximate surface area is 197 Å². The van der Waals surface area contributed by atoms with Gasteiger partial charge in [0, 0.05) is 28.3 Å². The van der Waals surface area contributed by atoms with E-state index >= 15 is 0 Å². The van der Waals surface area contributed by atoms with Gasteiger partial charge in [-0.05, 0) is 58.5 Å². The molecule has 0 fully saturated rings. The molecule has 0 bridgehead atoms. The molecule has 0 heterocycles. The molecule has 0 aromatic carbocycles. The van der Waals surface area contributed by atoms with Gasteiger partial charge in [0.05, 0.1) is 0 Å². The lowest BCUT2D eigenvalue weighted by Gasteiger charge is -2.35. The average Bonchev–Trinajstić information content (AvgIpc) is 2.62. The molecule has 0 aliphatic carbocycles. The third-order valence-electron chi connectivity index (χ3n) is 4.83. The number of unbranched alkanes of at least 4 members (excludes halogenated alkanes) is 9. The van der Waals surface area contributed by atoms with Gasteiger partial charge in [0.15, 0.2) is 27.1 Å². The highest BCUT2D eigenvalue weighted by molar-refractivity contribution is 7.84. The fraction of sp³-hybridized carbons (Fsp3) is 1.00. The maximum absolute atomic E-state index is 11.8. The van der Waals surface area contributed by atoms with Crippen molar-refractivity contribution in [1.29, 1.82) is 0 Å². The second kappa shape index (κ2) is 19.4. The van der Waals surface area contributed by atoms with Gasteiger partial charge in [-0.15, -0.1) is 0 Å². The molecule has 0 aliphatic heterocycles. The summed E-state index contributed by atoms with van der Waals surface area (Å²) in [6, 6.07) is 1.02. The molecule has 0 N–H and O–H groups in total. The molecule has 0 aliphatic rings. The molecule has 0 aromatic heterocycles. The summed E-state index contributed by atoms with van der Waals surface area (Å²) < 4.78 is 31.2. The van der Waals surface area contributed by atoms with Crippen LogP contribution in [0.1, 0.15) is 77.6 Å². The summed E-state index contributed by atoms with van der Waals surface area (Å²) in [5.74, 6) is 1.81. The van der Waals surface area contributed by atoms with Crippen LogP contribution in [-0.2, 0) is 23.1 Å². The normalized spacial score (nSPS) is 13.7. The number of rotatable bonds is 21. The molecule has 0 saturated carbocycles. The van der Waals surface area contributed by atoms with Crippen molar-refractivity contribution < 1.29 is 16.6 Å². The van der Waals surface area contributed by atoms with Crippen LogP contribution in [0.3, 0.4) is 0 Å². The smallest absolute Gasteiger partial charge is 0.420 e. The van der Waals surface area contributed by atoms with Crippen molar-refractivity contribution in [1.82, 2.24) is 0 Å². The lowest BCUT2D eigenvalue weighted by Crippen LogP contribution is -2.53. The van der Waals surface area contributed by atoms with E-state index < -0.39 is 46.7 Å². The SMILES string of the molecule is CCCCS(=O)CCCCCCCCCCC[Si](O[SiH](C)C)(O[SiH](C)C)O[SiH](C)C. The Morgan fingerprint density at radius 2 is 0.967 bits per heavy atom. The second-order valence-corrected chi connectivity index (χ2v) is 22.0. The Morgan fingerprint density at radius 1 is 0.600 bits per heavy atom. The summed E-state index contributed by atoms with van der Waals surface area (Å²) in [5, 5.41) is 0. The Hall–Kier alpha value is 0.898. The molecule has 1 atom stereocenters. The second-order valence-electron chi connectivity index (χ2n) is 9.32. The van der Waals surface area contributed by atoms with E-state index in [4.69, 9.17) is 12.3 Å². The third-order valence-corrected chi connectivity index (χ3v) is 17.2. The van der Waals surface area contributed by atoms with Crippen LogP contribution in [0, 0.1) is 0 Å². The van der Waals surface area contributed by atoms with Crippen LogP contribution in [0.4, 0.5) is 0 Å². The van der Waals surface area contributed by atoms with Crippen LogP contribution in [0.2, 0.25) is 45.3 Å². The van der Waals surface area contributed by atoms with E-state index in [1.165, 1.54) is 51.4 Å². The first-order chi connectivity index (χ1) is 14.2. The Balaban J connectivity index is 3.94. The molecule has 9 heteroatoms. The molecule has 4 nitrogen and oxygen atoms in total. The van der Waals surface area contributed by atoms with Gasteiger partial charge >= 0.3 is 8.80 Å². The first kappa shape index (κ1) is 30.9. The van der Waals surface area contributed by atoms with Gasteiger partial charge < -0.3 is 12.3 Å². The van der Waals surface area contributed by atoms with Crippen LogP contribution >= 0.6 is 0 Å². The van der Waals surface area contributed by atoms with Gasteiger partial charge in [-0.1, -0.05) is 58.3 Å². The summed E-state index contributed by atoms with van der Waals surface area (Å²) in [6.45, 7) is 15.6. The summed E-state index contributed by atoms with van der Waals surface area (Å²) in [5.41, 5.74) is 0. The van der Waals surface area contributed by atoms with Gasteiger partial charge in [0.1, 0.15) is 0 Å². The molecular formula is C21H52O4SSi4. The molecule has 0 amide bonds. The highest BCUT2D eigenvalue weighted by Crippen LogP contribution is 2.23. The molecular weight excluding hydrogens is 461 g/mol. The van der Waals surface area contributed by atoms with Crippen LogP contribution in [0.25, 0.3) is 0 Å². The Kier molecular flexibility index (Phi) is 20.0. The zero-order valence-electron chi connectivity index (χ0n) is 21.2. The predicted molar refractivity (Wildman–Crippen MR) is 145 cm³/mol. The summed E-state index contributed by atoms with van der Waals surface area (Å²) in [7, 11) is -6.52. The third kappa shape index (κ3) is 18.5. The maximum Gasteiger partial charge on any atom is 0.468 e. The molecule has 0 spiro atoms. The molecule has 0 aromatic rings. The zero-order valence-corrected chi connectivity index (χ0v) is 26.5. The van der Waals surface area contributed by atoms with E-state index in [0.29, 0.717) is 0 Å². The fourth-order valence-corrected chi connectivity index (χ4v) is 17.8. The van der Waals surface area contributed by atoms with Crippen molar-refractivity contribution in [2.75, 3.05) is 11.5 Å². The molecule has 1 unspecified atom stereocenters. The molecule has 0 radical (unpaired) electrons. The highest BCUT2D eigenvalue weighted by atomic mass is 32.2. The minimum atomic E-state index is -2.43. The lowest BCUT2D eigenvalue weighted by molar-refractivity contribution is 0.266. The number of hydrogen-bond acceptors (Lipinski definition) is 4. The van der Waals surface area contributed by atoms with Crippen molar-refractivity contribution in [3.05, 3.63) is 0 Å². The van der Waals surface area contributed by atoms with Crippen molar-refractivity contribution in [2.45, 2.75) is 123 Å². The van der Waals surface area contributed by atoms with Crippen LogP contribution in [0.15, 0.2) is 0 Å². The Bertz CT molecular complexity index is 399. The van der Waals surface area contributed by atoms with E-state index in [2.05, 4.69) is 46.2 Å². The zero-order chi connectivity index (χ0) is 22.8. The van der Waals surface area contributed by atoms with Gasteiger partial charge in [-0.25, -0.2) is 0 Å². The van der Waals surface area contributed by atoms with Crippen molar-refractivity contribution in [2.24, 2.45) is 0 Å². The van der Waals surface area contributed by atoms with Crippen molar-refractivity contribution in [3.63, 3.8) is 0 Å². The molecule has 0 rings (SSSR count). The van der Waals surface area contributed by atoms with E-state index in [1.807, 2.05) is 0 Å². The summed E-state index contributed by atoms with van der Waals surface area (Å²) >= 11 is 0. The van der Waals surface area contributed by atoms with Crippen LogP contribution in [0.5, 0.6) is 0 Å². The molecule has 0 saturated heterocycles. The van der Waals surface area contributed by atoms with Gasteiger partial charge in [0.25, 0.3) is 0 Å². The standard InChI is InChI=1S/C21H52O4SSi4/c1-8-9-19-26(22)20-17-15-13-11-10-12-14-16-18-21-30(23-27(2)3,24-28(4)5)25-29(6)7/h27-29H,8-21H2,1-7H3. The minimum Gasteiger partial charge on any atom is -0.420 e. The van der Waals surface area contributed by atoms with Gasteiger partial charge in [0.2, 0.25) is 0 Å². The van der Waals surface area contributed by atoms with Crippen molar-refractivity contribution >= 4 is 46.7 Å². The predicted octanol–water partition coefficient (Wildman–Crippen LogP) is 5.99. The van der Waals surface area contributed by atoms with Crippen molar-refractivity contribution in [3.8, 4) is 0 Å². The molecule has 30 heavy (non-hydrogen) atoms. The molecule has 182 valence electrons. The van der Waals surface area contributed by atoms with E-state index in [-0.39, 0.29) is 0 Å². The van der Waals surface area contributed by atoms with Gasteiger partial charge in [-0.2, -0.15) is 0 Å². The van der Waals surface area contributed by atoms with Crippen LogP contribution in [-0.4, -0.2) is 51.6 Å². The average molecular weight is 513 g/mol. The quantitative estimate of drug-likeness (QED) is 0.140. The van der Waals surface area contributed by atoms with E-state index in [1.54, 1.807) is 0 Å².